The second kappa shape index (κ2) is 4.39. The van der Waals surface area contributed by atoms with E-state index in [0.29, 0.717) is 23.4 Å². The molecular formula is C13H13Cl2FN2. The Kier molecular flexibility index (Phi) is 2.99. The number of benzene rings is 1. The number of hydrogen-bond acceptors (Lipinski definition) is 1. The number of rotatable bonds is 3. The zero-order chi connectivity index (χ0) is 12.9. The van der Waals surface area contributed by atoms with Crippen molar-refractivity contribution < 1.29 is 4.39 Å². The minimum atomic E-state index is -0.433. The van der Waals surface area contributed by atoms with Crippen LogP contribution in [0.15, 0.2) is 12.1 Å². The molecule has 0 radical (unpaired) electrons. The molecule has 2 nitrogen and oxygen atoms in total. The van der Waals surface area contributed by atoms with E-state index in [-0.39, 0.29) is 5.02 Å². The van der Waals surface area contributed by atoms with Crippen molar-refractivity contribution in [1.82, 2.24) is 9.55 Å². The van der Waals surface area contributed by atoms with Crippen molar-refractivity contribution >= 4 is 34.2 Å². The predicted octanol–water partition coefficient (Wildman–Crippen LogP) is 4.54. The normalized spacial score (nSPS) is 22.7. The van der Waals surface area contributed by atoms with Crippen LogP contribution in [-0.2, 0) is 5.88 Å². The molecule has 1 heterocycles. The molecule has 1 aliphatic carbocycles. The van der Waals surface area contributed by atoms with Crippen LogP contribution in [0.25, 0.3) is 11.0 Å². The van der Waals surface area contributed by atoms with E-state index in [0.717, 1.165) is 24.2 Å². The van der Waals surface area contributed by atoms with E-state index in [9.17, 15) is 4.39 Å². The van der Waals surface area contributed by atoms with Gasteiger partial charge in [-0.15, -0.1) is 11.6 Å². The molecule has 2 aromatic rings. The first-order chi connectivity index (χ1) is 8.65. The third-order valence-corrected chi connectivity index (χ3v) is 4.19. The molecule has 0 aliphatic heterocycles. The van der Waals surface area contributed by atoms with Crippen LogP contribution in [0.4, 0.5) is 4.39 Å². The predicted molar refractivity (Wildman–Crippen MR) is 71.7 cm³/mol. The largest absolute Gasteiger partial charge is 0.324 e. The van der Waals surface area contributed by atoms with Crippen LogP contribution < -0.4 is 0 Å². The van der Waals surface area contributed by atoms with Crippen LogP contribution in [0.5, 0.6) is 0 Å². The van der Waals surface area contributed by atoms with E-state index in [2.05, 4.69) is 16.5 Å². The Morgan fingerprint density at radius 3 is 2.89 bits per heavy atom. The third-order valence-electron chi connectivity index (χ3n) is 3.67. The van der Waals surface area contributed by atoms with Crippen molar-refractivity contribution in [2.24, 2.45) is 5.92 Å². The molecule has 0 spiro atoms. The fourth-order valence-corrected chi connectivity index (χ4v) is 2.94. The van der Waals surface area contributed by atoms with E-state index in [4.69, 9.17) is 23.2 Å². The van der Waals surface area contributed by atoms with Crippen molar-refractivity contribution in [3.05, 3.63) is 28.8 Å². The lowest BCUT2D eigenvalue weighted by molar-refractivity contribution is 0.628. The van der Waals surface area contributed by atoms with Crippen LogP contribution in [0.1, 0.15) is 31.6 Å². The summed E-state index contributed by atoms with van der Waals surface area (Å²) in [6.45, 7) is 2.18. The zero-order valence-electron chi connectivity index (χ0n) is 9.96. The maximum atomic E-state index is 13.4. The van der Waals surface area contributed by atoms with Crippen molar-refractivity contribution in [2.75, 3.05) is 0 Å². The van der Waals surface area contributed by atoms with Gasteiger partial charge in [0.25, 0.3) is 0 Å². The number of hydrogen-bond donors (Lipinski definition) is 0. The number of fused-ring (bicyclic) bond motifs is 1. The second-order valence-electron chi connectivity index (χ2n) is 4.76. The SMILES string of the molecule is CCC1CC1n1c(CCl)nc2cc(F)c(Cl)cc21. The first-order valence-corrected chi connectivity index (χ1v) is 6.98. The molecule has 18 heavy (non-hydrogen) atoms. The van der Waals surface area contributed by atoms with Gasteiger partial charge >= 0.3 is 0 Å². The Bertz CT molecular complexity index is 609. The van der Waals surface area contributed by atoms with Gasteiger partial charge in [-0.1, -0.05) is 24.9 Å². The lowest BCUT2D eigenvalue weighted by atomic mass is 10.3. The van der Waals surface area contributed by atoms with Gasteiger partial charge in [-0.05, 0) is 18.4 Å². The first-order valence-electron chi connectivity index (χ1n) is 6.07. The summed E-state index contributed by atoms with van der Waals surface area (Å²) in [6.07, 6.45) is 2.28. The Morgan fingerprint density at radius 1 is 1.50 bits per heavy atom. The Labute approximate surface area is 115 Å². The molecule has 0 N–H and O–H groups in total. The maximum absolute atomic E-state index is 13.4. The molecule has 0 saturated heterocycles. The van der Waals surface area contributed by atoms with Crippen LogP contribution >= 0.6 is 23.2 Å². The van der Waals surface area contributed by atoms with Crippen LogP contribution in [0, 0.1) is 11.7 Å². The summed E-state index contributed by atoms with van der Waals surface area (Å²) in [5, 5.41) is 0.137. The van der Waals surface area contributed by atoms with Gasteiger partial charge in [0.2, 0.25) is 0 Å². The highest BCUT2D eigenvalue weighted by atomic mass is 35.5. The van der Waals surface area contributed by atoms with E-state index in [1.54, 1.807) is 6.07 Å². The lowest BCUT2D eigenvalue weighted by Crippen LogP contribution is -2.01. The monoisotopic (exact) mass is 286 g/mol. The number of nitrogens with zero attached hydrogens (tertiary/aromatic N) is 2. The second-order valence-corrected chi connectivity index (χ2v) is 5.43. The van der Waals surface area contributed by atoms with Crippen LogP contribution in [0.2, 0.25) is 5.02 Å². The summed E-state index contributed by atoms with van der Waals surface area (Å²) in [6, 6.07) is 3.48. The molecule has 3 rings (SSSR count). The standard InChI is InChI=1S/C13H13Cl2FN2/c1-2-7-3-11(7)18-12-4-8(15)9(16)5-10(12)17-13(18)6-14/h4-5,7,11H,2-3,6H2,1H3. The molecule has 1 aromatic carbocycles. The molecule has 1 aliphatic rings. The Morgan fingerprint density at radius 2 is 2.28 bits per heavy atom. The van der Waals surface area contributed by atoms with Crippen molar-refractivity contribution in [1.29, 1.82) is 0 Å². The minimum absolute atomic E-state index is 0.137. The number of imidazole rings is 1. The average molecular weight is 287 g/mol. The zero-order valence-corrected chi connectivity index (χ0v) is 11.5. The molecule has 2 unspecified atom stereocenters. The topological polar surface area (TPSA) is 17.8 Å². The van der Waals surface area contributed by atoms with E-state index in [1.807, 2.05) is 0 Å². The van der Waals surface area contributed by atoms with Crippen molar-refractivity contribution in [3.63, 3.8) is 0 Å². The van der Waals surface area contributed by atoms with Gasteiger partial charge in [-0.3, -0.25) is 0 Å². The summed E-state index contributed by atoms with van der Waals surface area (Å²) in [5.74, 6) is 1.38. The molecule has 1 saturated carbocycles. The van der Waals surface area contributed by atoms with Gasteiger partial charge in [0, 0.05) is 12.1 Å². The molecule has 0 bridgehead atoms. The molecule has 1 aromatic heterocycles. The third kappa shape index (κ3) is 1.81. The van der Waals surface area contributed by atoms with Gasteiger partial charge in [0.05, 0.1) is 21.9 Å². The average Bonchev–Trinajstić information content (AvgIpc) is 3.05. The Hall–Kier alpha value is -0.800. The lowest BCUT2D eigenvalue weighted by Gasteiger charge is -2.07. The van der Waals surface area contributed by atoms with E-state index < -0.39 is 5.82 Å². The summed E-state index contributed by atoms with van der Waals surface area (Å²) < 4.78 is 15.6. The number of halogens is 3. The maximum Gasteiger partial charge on any atom is 0.144 e. The molecule has 2 atom stereocenters. The molecule has 96 valence electrons. The van der Waals surface area contributed by atoms with Gasteiger partial charge < -0.3 is 4.57 Å². The van der Waals surface area contributed by atoms with Crippen LogP contribution in [-0.4, -0.2) is 9.55 Å². The smallest absolute Gasteiger partial charge is 0.144 e. The fraction of sp³-hybridized carbons (Fsp3) is 0.462. The van der Waals surface area contributed by atoms with Crippen molar-refractivity contribution in [3.8, 4) is 0 Å². The fourth-order valence-electron chi connectivity index (χ4n) is 2.59. The van der Waals surface area contributed by atoms with Crippen LogP contribution in [0.3, 0.4) is 0 Å². The van der Waals surface area contributed by atoms with Gasteiger partial charge in [-0.2, -0.15) is 0 Å². The Balaban J connectivity index is 2.18. The first kappa shape index (κ1) is 12.2. The van der Waals surface area contributed by atoms with E-state index >= 15 is 0 Å². The molecular weight excluding hydrogens is 274 g/mol. The quantitative estimate of drug-likeness (QED) is 0.758. The highest BCUT2D eigenvalue weighted by molar-refractivity contribution is 6.31. The molecule has 5 heteroatoms. The summed E-state index contributed by atoms with van der Waals surface area (Å²) in [4.78, 5) is 4.40. The highest BCUT2D eigenvalue weighted by Gasteiger charge is 2.39. The molecule has 1 fully saturated rings. The summed E-state index contributed by atoms with van der Waals surface area (Å²) >= 11 is 11.8. The summed E-state index contributed by atoms with van der Waals surface area (Å²) in [7, 11) is 0. The molecule has 0 amide bonds. The van der Waals surface area contributed by atoms with Gasteiger partial charge in [0.1, 0.15) is 11.6 Å². The summed E-state index contributed by atoms with van der Waals surface area (Å²) in [5.41, 5.74) is 1.52. The minimum Gasteiger partial charge on any atom is -0.324 e. The van der Waals surface area contributed by atoms with Gasteiger partial charge in [-0.25, -0.2) is 9.37 Å². The number of aromatic nitrogens is 2. The van der Waals surface area contributed by atoms with Crippen molar-refractivity contribution in [2.45, 2.75) is 31.7 Å². The highest BCUT2D eigenvalue weighted by Crippen LogP contribution is 2.48. The van der Waals surface area contributed by atoms with E-state index in [1.165, 1.54) is 6.07 Å². The number of alkyl halides is 1. The van der Waals surface area contributed by atoms with Gasteiger partial charge in [0.15, 0.2) is 0 Å².